The second kappa shape index (κ2) is 3.85. The molecule has 2 N–H and O–H groups in total. The van der Waals surface area contributed by atoms with E-state index >= 15 is 0 Å². The molecule has 4 heteroatoms. The fraction of sp³-hybridized carbons (Fsp3) is 0.273. The van der Waals surface area contributed by atoms with Gasteiger partial charge in [0.1, 0.15) is 0 Å². The highest BCUT2D eigenvalue weighted by atomic mass is 19.4. The summed E-state index contributed by atoms with van der Waals surface area (Å²) in [5, 5.41) is 0. The zero-order valence-electron chi connectivity index (χ0n) is 8.37. The number of hydrogen-bond acceptors (Lipinski definition) is 1. The van der Waals surface area contributed by atoms with Crippen molar-refractivity contribution in [1.82, 2.24) is 0 Å². The summed E-state index contributed by atoms with van der Waals surface area (Å²) in [5.41, 5.74) is 5.08. The van der Waals surface area contributed by atoms with Crippen LogP contribution in [0.1, 0.15) is 23.6 Å². The Bertz CT molecular complexity index is 436. The molecule has 1 aromatic carbocycles. The van der Waals surface area contributed by atoms with E-state index in [1.165, 1.54) is 26.0 Å². The van der Waals surface area contributed by atoms with Crippen molar-refractivity contribution in [3.63, 3.8) is 0 Å². The average Bonchev–Trinajstić information content (AvgIpc) is 1.99. The molecule has 0 atom stereocenters. The van der Waals surface area contributed by atoms with Gasteiger partial charge in [-0.05, 0) is 31.5 Å². The summed E-state index contributed by atoms with van der Waals surface area (Å²) in [6.45, 7) is 2.86. The minimum atomic E-state index is -4.39. The van der Waals surface area contributed by atoms with E-state index in [9.17, 15) is 13.2 Å². The molecule has 0 spiro atoms. The molecular formula is C11H10F3N. The van der Waals surface area contributed by atoms with Gasteiger partial charge in [0.25, 0.3) is 0 Å². The molecule has 1 aromatic rings. The second-order valence-electron chi connectivity index (χ2n) is 3.13. The molecule has 80 valence electrons. The summed E-state index contributed by atoms with van der Waals surface area (Å²) in [5.74, 6) is 4.86. The largest absolute Gasteiger partial charge is 0.417 e. The summed E-state index contributed by atoms with van der Waals surface area (Å²) in [4.78, 5) is 0. The molecule has 0 fully saturated rings. The van der Waals surface area contributed by atoms with Gasteiger partial charge in [-0.2, -0.15) is 13.2 Å². The van der Waals surface area contributed by atoms with Crippen LogP contribution >= 0.6 is 0 Å². The highest BCUT2D eigenvalue weighted by Gasteiger charge is 2.35. The topological polar surface area (TPSA) is 26.0 Å². The van der Waals surface area contributed by atoms with E-state index in [-0.39, 0.29) is 11.1 Å². The SMILES string of the molecule is CC#Cc1cc(N)cc(C)c1C(F)(F)F. The van der Waals surface area contributed by atoms with Crippen molar-refractivity contribution in [2.24, 2.45) is 0 Å². The number of alkyl halides is 3. The van der Waals surface area contributed by atoms with Crippen molar-refractivity contribution in [2.45, 2.75) is 20.0 Å². The Morgan fingerprint density at radius 2 is 1.87 bits per heavy atom. The van der Waals surface area contributed by atoms with Gasteiger partial charge >= 0.3 is 6.18 Å². The lowest BCUT2D eigenvalue weighted by atomic mass is 10.0. The number of rotatable bonds is 0. The highest BCUT2D eigenvalue weighted by molar-refractivity contribution is 5.56. The molecule has 0 unspecified atom stereocenters. The first-order chi connectivity index (χ1) is 6.86. The molecule has 0 aromatic heterocycles. The summed E-state index contributed by atoms with van der Waals surface area (Å²) in [6, 6.07) is 2.54. The molecule has 15 heavy (non-hydrogen) atoms. The lowest BCUT2D eigenvalue weighted by molar-refractivity contribution is -0.138. The third-order valence-corrected chi connectivity index (χ3v) is 1.90. The first kappa shape index (κ1) is 11.4. The maximum atomic E-state index is 12.7. The molecule has 0 aliphatic heterocycles. The number of benzene rings is 1. The predicted molar refractivity (Wildman–Crippen MR) is 53.1 cm³/mol. The molecule has 0 aliphatic carbocycles. The van der Waals surface area contributed by atoms with Crippen molar-refractivity contribution in [3.8, 4) is 11.8 Å². The van der Waals surface area contributed by atoms with E-state index in [0.717, 1.165) is 0 Å². The molecule has 1 nitrogen and oxygen atoms in total. The van der Waals surface area contributed by atoms with E-state index < -0.39 is 11.7 Å². The van der Waals surface area contributed by atoms with Gasteiger partial charge in [0.15, 0.2) is 0 Å². The second-order valence-corrected chi connectivity index (χ2v) is 3.13. The molecular weight excluding hydrogens is 203 g/mol. The smallest absolute Gasteiger partial charge is 0.399 e. The lowest BCUT2D eigenvalue weighted by Gasteiger charge is -2.13. The van der Waals surface area contributed by atoms with Crippen LogP contribution in [0.5, 0.6) is 0 Å². The summed E-state index contributed by atoms with van der Waals surface area (Å²) in [7, 11) is 0. The van der Waals surface area contributed by atoms with Gasteiger partial charge in [-0.25, -0.2) is 0 Å². The third-order valence-electron chi connectivity index (χ3n) is 1.90. The monoisotopic (exact) mass is 213 g/mol. The van der Waals surface area contributed by atoms with Crippen LogP contribution in [-0.4, -0.2) is 0 Å². The van der Waals surface area contributed by atoms with Gasteiger partial charge in [0.05, 0.1) is 5.56 Å². The average molecular weight is 213 g/mol. The molecule has 0 amide bonds. The van der Waals surface area contributed by atoms with Crippen molar-refractivity contribution >= 4 is 5.69 Å². The fourth-order valence-corrected chi connectivity index (χ4v) is 1.42. The zero-order chi connectivity index (χ0) is 11.6. The maximum absolute atomic E-state index is 12.7. The van der Waals surface area contributed by atoms with Crippen LogP contribution in [0.4, 0.5) is 18.9 Å². The van der Waals surface area contributed by atoms with Crippen LogP contribution in [-0.2, 0) is 6.18 Å². The number of anilines is 1. The van der Waals surface area contributed by atoms with E-state index in [2.05, 4.69) is 11.8 Å². The van der Waals surface area contributed by atoms with Gasteiger partial charge in [-0.3, -0.25) is 0 Å². The molecule has 0 radical (unpaired) electrons. The van der Waals surface area contributed by atoms with Crippen molar-refractivity contribution in [3.05, 3.63) is 28.8 Å². The Labute approximate surface area is 86.1 Å². The number of nitrogens with two attached hydrogens (primary N) is 1. The Balaban J connectivity index is 3.52. The highest BCUT2D eigenvalue weighted by Crippen LogP contribution is 2.35. The molecule has 0 saturated carbocycles. The lowest BCUT2D eigenvalue weighted by Crippen LogP contribution is -2.11. The van der Waals surface area contributed by atoms with Crippen molar-refractivity contribution in [1.29, 1.82) is 0 Å². The van der Waals surface area contributed by atoms with Crippen LogP contribution in [0.25, 0.3) is 0 Å². The first-order valence-electron chi connectivity index (χ1n) is 4.26. The Morgan fingerprint density at radius 1 is 1.27 bits per heavy atom. The predicted octanol–water partition coefficient (Wildman–Crippen LogP) is 2.97. The van der Waals surface area contributed by atoms with E-state index in [1.807, 2.05) is 0 Å². The van der Waals surface area contributed by atoms with Crippen LogP contribution in [0.3, 0.4) is 0 Å². The van der Waals surface area contributed by atoms with E-state index in [0.29, 0.717) is 5.69 Å². The fourth-order valence-electron chi connectivity index (χ4n) is 1.42. The Hall–Kier alpha value is -1.63. The van der Waals surface area contributed by atoms with Gasteiger partial charge < -0.3 is 5.73 Å². The van der Waals surface area contributed by atoms with Crippen LogP contribution < -0.4 is 5.73 Å². The standard InChI is InChI=1S/C11H10F3N/c1-3-4-8-6-9(15)5-7(2)10(8)11(12,13)14/h5-6H,15H2,1-2H3. The van der Waals surface area contributed by atoms with E-state index in [4.69, 9.17) is 5.73 Å². The minimum Gasteiger partial charge on any atom is -0.399 e. The molecule has 0 heterocycles. The minimum absolute atomic E-state index is 0.0671. The van der Waals surface area contributed by atoms with Crippen LogP contribution in [0.2, 0.25) is 0 Å². The Kier molecular flexibility index (Phi) is 2.94. The van der Waals surface area contributed by atoms with Crippen LogP contribution in [0, 0.1) is 18.8 Å². The molecule has 0 aliphatic rings. The normalized spacial score (nSPS) is 10.7. The van der Waals surface area contributed by atoms with Gasteiger partial charge in [-0.15, -0.1) is 5.92 Å². The number of nitrogen functional groups attached to an aromatic ring is 1. The molecule has 1 rings (SSSR count). The summed E-state index contributed by atoms with van der Waals surface area (Å²) < 4.78 is 38.0. The summed E-state index contributed by atoms with van der Waals surface area (Å²) in [6.07, 6.45) is -4.39. The maximum Gasteiger partial charge on any atom is 0.417 e. The summed E-state index contributed by atoms with van der Waals surface area (Å²) >= 11 is 0. The van der Waals surface area contributed by atoms with Crippen molar-refractivity contribution in [2.75, 3.05) is 5.73 Å². The quantitative estimate of drug-likeness (QED) is 0.520. The van der Waals surface area contributed by atoms with Gasteiger partial charge in [0.2, 0.25) is 0 Å². The molecule has 0 saturated heterocycles. The van der Waals surface area contributed by atoms with Gasteiger partial charge in [-0.1, -0.05) is 5.92 Å². The van der Waals surface area contributed by atoms with E-state index in [1.54, 1.807) is 0 Å². The first-order valence-corrected chi connectivity index (χ1v) is 4.26. The third kappa shape index (κ3) is 2.44. The van der Waals surface area contributed by atoms with Crippen molar-refractivity contribution < 1.29 is 13.2 Å². The zero-order valence-corrected chi connectivity index (χ0v) is 8.37. The number of hydrogen-bond donors (Lipinski definition) is 1. The molecule has 0 bridgehead atoms. The van der Waals surface area contributed by atoms with Crippen LogP contribution in [0.15, 0.2) is 12.1 Å². The number of halogens is 3. The number of aryl methyl sites for hydroxylation is 1. The Morgan fingerprint density at radius 3 is 2.33 bits per heavy atom. The van der Waals surface area contributed by atoms with Gasteiger partial charge in [0, 0.05) is 11.3 Å².